The van der Waals surface area contributed by atoms with Crippen molar-refractivity contribution in [2.24, 2.45) is 0 Å². The number of carboxylic acid groups (broad SMARTS) is 1. The van der Waals surface area contributed by atoms with Crippen molar-refractivity contribution < 1.29 is 66.1 Å². The summed E-state index contributed by atoms with van der Waals surface area (Å²) in [6.07, 6.45) is 4.11. The molecule has 0 radical (unpaired) electrons. The molecule has 1 aliphatic rings. The molecule has 1 aromatic heterocycles. The van der Waals surface area contributed by atoms with Crippen LogP contribution in [0.3, 0.4) is 0 Å². The summed E-state index contributed by atoms with van der Waals surface area (Å²) < 4.78 is 0. The molecule has 16 heavy (non-hydrogen) atoms. The van der Waals surface area contributed by atoms with Gasteiger partial charge in [-0.3, -0.25) is 10.1 Å². The first kappa shape index (κ1) is 14.3. The van der Waals surface area contributed by atoms with Gasteiger partial charge in [-0.15, -0.1) is 11.3 Å². The Bertz CT molecular complexity index is 395. The fourth-order valence-electron chi connectivity index (χ4n) is 1.55. The Hall–Kier alpha value is 0.206. The number of aryl methyl sites for hydroxylation is 2. The van der Waals surface area contributed by atoms with Crippen LogP contribution in [0.5, 0.6) is 0 Å². The third kappa shape index (κ3) is 3.35. The number of carbonyl (C=O) groups is 2. The molecule has 1 N–H and O–H groups in total. The summed E-state index contributed by atoms with van der Waals surface area (Å²) >= 11 is 1.35. The maximum atomic E-state index is 10.8. The molecule has 0 aromatic carbocycles. The molecule has 0 fully saturated rings. The number of hydrogen-bond acceptors (Lipinski definition) is 5. The zero-order valence-corrected chi connectivity index (χ0v) is 12.8. The van der Waals surface area contributed by atoms with Crippen LogP contribution in [0.25, 0.3) is 0 Å². The first-order valence-electron chi connectivity index (χ1n) is 4.67. The molecule has 1 aromatic rings. The van der Waals surface area contributed by atoms with Crippen LogP contribution in [-0.2, 0) is 22.4 Å². The molecule has 2 rings (SSSR count). The summed E-state index contributed by atoms with van der Waals surface area (Å²) in [5.41, 5.74) is 0.986. The largest absolute Gasteiger partial charge is 1.00 e. The van der Waals surface area contributed by atoms with Gasteiger partial charge < -0.3 is 9.90 Å². The van der Waals surface area contributed by atoms with Gasteiger partial charge in [0.2, 0.25) is 0 Å². The zero-order chi connectivity index (χ0) is 10.8. The number of amides is 1. The number of aromatic nitrogens is 1. The molecular formula is C9H9KN2O3S. The second kappa shape index (κ2) is 6.22. The van der Waals surface area contributed by atoms with Crippen LogP contribution in [0.1, 0.15) is 23.4 Å². The monoisotopic (exact) mass is 264 g/mol. The Morgan fingerprint density at radius 1 is 1.31 bits per heavy atom. The normalized spacial score (nSPS) is 13.5. The minimum atomic E-state index is -1.73. The zero-order valence-electron chi connectivity index (χ0n) is 8.91. The van der Waals surface area contributed by atoms with Crippen molar-refractivity contribution in [2.75, 3.05) is 5.32 Å². The quantitative estimate of drug-likeness (QED) is 0.426. The molecule has 1 amide bonds. The Kier molecular flexibility index (Phi) is 5.55. The molecule has 0 saturated carbocycles. The molecule has 1 aliphatic carbocycles. The maximum Gasteiger partial charge on any atom is 1.00 e. The van der Waals surface area contributed by atoms with Crippen molar-refractivity contribution in [3.05, 3.63) is 10.6 Å². The molecular weight excluding hydrogens is 255 g/mol. The standard InChI is InChI=1S/C9H10N2O3S.K/c12-7(8(13)14)11-9-10-5-3-1-2-4-6(5)15-9;/h1-4H2,(H,13,14)(H,10,11,12);/q;+1/p-1. The number of anilines is 1. The van der Waals surface area contributed by atoms with Crippen molar-refractivity contribution in [1.29, 1.82) is 0 Å². The van der Waals surface area contributed by atoms with E-state index in [2.05, 4.69) is 10.3 Å². The maximum absolute atomic E-state index is 10.8. The number of hydrogen-bond donors (Lipinski definition) is 1. The fourth-order valence-corrected chi connectivity index (χ4v) is 2.60. The van der Waals surface area contributed by atoms with E-state index in [1.54, 1.807) is 0 Å². The van der Waals surface area contributed by atoms with Crippen LogP contribution in [0.2, 0.25) is 0 Å². The molecule has 0 spiro atoms. The van der Waals surface area contributed by atoms with E-state index in [1.807, 2.05) is 0 Å². The first-order chi connectivity index (χ1) is 7.16. The molecule has 0 atom stereocenters. The SMILES string of the molecule is O=C([O-])C(=O)Nc1nc2c(s1)CCCC2.[K+]. The molecule has 5 nitrogen and oxygen atoms in total. The Balaban J connectivity index is 0.00000128. The van der Waals surface area contributed by atoms with Gasteiger partial charge in [0.25, 0.3) is 5.91 Å². The Morgan fingerprint density at radius 2 is 2.00 bits per heavy atom. The average molecular weight is 264 g/mol. The Labute approximate surface area is 139 Å². The van der Waals surface area contributed by atoms with Crippen LogP contribution >= 0.6 is 11.3 Å². The topological polar surface area (TPSA) is 82.1 Å². The van der Waals surface area contributed by atoms with Crippen molar-refractivity contribution in [2.45, 2.75) is 25.7 Å². The van der Waals surface area contributed by atoms with E-state index in [4.69, 9.17) is 0 Å². The van der Waals surface area contributed by atoms with E-state index in [9.17, 15) is 14.7 Å². The summed E-state index contributed by atoms with van der Waals surface area (Å²) in [5.74, 6) is -2.87. The fraction of sp³-hybridized carbons (Fsp3) is 0.444. The molecule has 7 heteroatoms. The smallest absolute Gasteiger partial charge is 0.540 e. The number of carbonyl (C=O) groups excluding carboxylic acids is 2. The summed E-state index contributed by atoms with van der Waals surface area (Å²) in [6.45, 7) is 0. The molecule has 0 bridgehead atoms. The predicted octanol–water partition coefficient (Wildman–Crippen LogP) is -3.29. The van der Waals surface area contributed by atoms with Crippen LogP contribution in [0, 0.1) is 0 Å². The van der Waals surface area contributed by atoms with Gasteiger partial charge in [0, 0.05) is 4.88 Å². The number of carboxylic acids is 1. The van der Waals surface area contributed by atoms with E-state index >= 15 is 0 Å². The van der Waals surface area contributed by atoms with Crippen LogP contribution < -0.4 is 61.8 Å². The van der Waals surface area contributed by atoms with E-state index < -0.39 is 11.9 Å². The summed E-state index contributed by atoms with van der Waals surface area (Å²) in [7, 11) is 0. The number of thiazole rings is 1. The molecule has 0 unspecified atom stereocenters. The van der Waals surface area contributed by atoms with Gasteiger partial charge in [0.05, 0.1) is 5.69 Å². The summed E-state index contributed by atoms with van der Waals surface area (Å²) in [5, 5.41) is 12.8. The number of rotatable bonds is 1. The second-order valence-electron chi connectivity index (χ2n) is 3.34. The van der Waals surface area contributed by atoms with Gasteiger partial charge in [-0.2, -0.15) is 0 Å². The van der Waals surface area contributed by atoms with E-state index in [0.29, 0.717) is 5.13 Å². The minimum absolute atomic E-state index is 0. The van der Waals surface area contributed by atoms with E-state index in [-0.39, 0.29) is 51.4 Å². The Morgan fingerprint density at radius 3 is 2.62 bits per heavy atom. The van der Waals surface area contributed by atoms with Crippen LogP contribution in [-0.4, -0.2) is 16.9 Å². The number of fused-ring (bicyclic) bond motifs is 1. The number of nitrogens with one attached hydrogen (secondary N) is 1. The average Bonchev–Trinajstić information content (AvgIpc) is 2.59. The molecule has 80 valence electrons. The molecule has 0 saturated heterocycles. The van der Waals surface area contributed by atoms with Gasteiger partial charge in [0.1, 0.15) is 5.97 Å². The first-order valence-corrected chi connectivity index (χ1v) is 5.49. The van der Waals surface area contributed by atoms with Crippen LogP contribution in [0.4, 0.5) is 5.13 Å². The predicted molar refractivity (Wildman–Crippen MR) is 52.4 cm³/mol. The molecule has 1 heterocycles. The number of aliphatic carboxylic acids is 1. The van der Waals surface area contributed by atoms with Crippen molar-refractivity contribution >= 4 is 28.3 Å². The molecule has 0 aliphatic heterocycles. The van der Waals surface area contributed by atoms with Crippen LogP contribution in [0.15, 0.2) is 0 Å². The van der Waals surface area contributed by atoms with Crippen molar-refractivity contribution in [3.63, 3.8) is 0 Å². The van der Waals surface area contributed by atoms with Gasteiger partial charge in [-0.1, -0.05) is 0 Å². The minimum Gasteiger partial charge on any atom is -0.540 e. The second-order valence-corrected chi connectivity index (χ2v) is 4.42. The van der Waals surface area contributed by atoms with E-state index in [0.717, 1.165) is 36.3 Å². The van der Waals surface area contributed by atoms with Gasteiger partial charge in [-0.25, -0.2) is 4.98 Å². The summed E-state index contributed by atoms with van der Waals surface area (Å²) in [4.78, 5) is 26.3. The van der Waals surface area contributed by atoms with Gasteiger partial charge in [-0.05, 0) is 25.7 Å². The van der Waals surface area contributed by atoms with Gasteiger partial charge >= 0.3 is 51.4 Å². The van der Waals surface area contributed by atoms with Gasteiger partial charge in [0.15, 0.2) is 5.13 Å². The van der Waals surface area contributed by atoms with E-state index in [1.165, 1.54) is 11.3 Å². The third-order valence-electron chi connectivity index (χ3n) is 2.25. The van der Waals surface area contributed by atoms with Crippen molar-refractivity contribution in [1.82, 2.24) is 4.98 Å². The van der Waals surface area contributed by atoms with Crippen molar-refractivity contribution in [3.8, 4) is 0 Å². The number of nitrogens with zero attached hydrogens (tertiary/aromatic N) is 1. The summed E-state index contributed by atoms with van der Waals surface area (Å²) in [6, 6.07) is 0. The third-order valence-corrected chi connectivity index (χ3v) is 3.32.